The summed E-state index contributed by atoms with van der Waals surface area (Å²) in [5.41, 5.74) is 2.49. The van der Waals surface area contributed by atoms with E-state index in [9.17, 15) is 0 Å². The van der Waals surface area contributed by atoms with Gasteiger partial charge in [0.05, 0.1) is 6.54 Å². The van der Waals surface area contributed by atoms with Gasteiger partial charge >= 0.3 is 0 Å². The Morgan fingerprint density at radius 2 is 2.07 bits per heavy atom. The Kier molecular flexibility index (Phi) is 10.7. The molecular weight excluding hydrogens is 477 g/mol. The number of hydrogen-bond donors (Lipinski definition) is 2. The molecule has 0 aliphatic heterocycles. The van der Waals surface area contributed by atoms with E-state index in [-0.39, 0.29) is 30.1 Å². The summed E-state index contributed by atoms with van der Waals surface area (Å²) in [5.74, 6) is 1.72. The van der Waals surface area contributed by atoms with Crippen molar-refractivity contribution in [1.29, 1.82) is 0 Å². The van der Waals surface area contributed by atoms with Gasteiger partial charge in [-0.3, -0.25) is 4.99 Å². The van der Waals surface area contributed by atoms with Gasteiger partial charge < -0.3 is 19.9 Å². The number of hydrogen-bond acceptors (Lipinski definition) is 6. The van der Waals surface area contributed by atoms with Gasteiger partial charge in [-0.05, 0) is 44.2 Å². The van der Waals surface area contributed by atoms with E-state index in [1.54, 1.807) is 18.8 Å². The van der Waals surface area contributed by atoms with Gasteiger partial charge in [-0.2, -0.15) is 4.98 Å². The fourth-order valence-corrected chi connectivity index (χ4v) is 3.09. The molecule has 0 radical (unpaired) electrons. The molecule has 7 nitrogen and oxygen atoms in total. The van der Waals surface area contributed by atoms with E-state index >= 15 is 0 Å². The molecule has 1 atom stereocenters. The van der Waals surface area contributed by atoms with Crippen LogP contribution in [0.4, 0.5) is 0 Å². The van der Waals surface area contributed by atoms with Crippen molar-refractivity contribution in [2.24, 2.45) is 4.99 Å². The molecule has 0 spiro atoms. The average Bonchev–Trinajstić information content (AvgIpc) is 3.12. The van der Waals surface area contributed by atoms with Gasteiger partial charge in [0.1, 0.15) is 6.10 Å². The SMILES string of the molecule is CCOC(C)c1noc(CNC(=NC)NCc2ccc(C)cc2SC)n1.I. The van der Waals surface area contributed by atoms with Crippen molar-refractivity contribution in [3.63, 3.8) is 0 Å². The normalized spacial score (nSPS) is 12.4. The molecule has 150 valence electrons. The number of thioether (sulfide) groups is 1. The predicted octanol–water partition coefficient (Wildman–Crippen LogP) is 3.68. The third-order valence-electron chi connectivity index (χ3n) is 3.78. The van der Waals surface area contributed by atoms with Crippen molar-refractivity contribution in [2.45, 2.75) is 44.9 Å². The van der Waals surface area contributed by atoms with Gasteiger partial charge in [-0.15, -0.1) is 35.7 Å². The predicted molar refractivity (Wildman–Crippen MR) is 120 cm³/mol. The van der Waals surface area contributed by atoms with Gasteiger partial charge in [0.15, 0.2) is 11.8 Å². The summed E-state index contributed by atoms with van der Waals surface area (Å²) < 4.78 is 10.7. The highest BCUT2D eigenvalue weighted by Crippen LogP contribution is 2.21. The lowest BCUT2D eigenvalue weighted by molar-refractivity contribution is 0.0683. The van der Waals surface area contributed by atoms with Gasteiger partial charge in [-0.25, -0.2) is 0 Å². The molecule has 1 heterocycles. The lowest BCUT2D eigenvalue weighted by Gasteiger charge is -2.13. The number of aromatic nitrogens is 2. The summed E-state index contributed by atoms with van der Waals surface area (Å²) in [6, 6.07) is 6.45. The van der Waals surface area contributed by atoms with E-state index in [0.29, 0.717) is 37.4 Å². The lowest BCUT2D eigenvalue weighted by atomic mass is 10.1. The molecule has 2 rings (SSSR count). The van der Waals surface area contributed by atoms with Crippen molar-refractivity contribution in [2.75, 3.05) is 19.9 Å². The minimum absolute atomic E-state index is 0. The summed E-state index contributed by atoms with van der Waals surface area (Å²) in [4.78, 5) is 9.84. The maximum Gasteiger partial charge on any atom is 0.246 e. The van der Waals surface area contributed by atoms with Crippen LogP contribution in [0.5, 0.6) is 0 Å². The van der Waals surface area contributed by atoms with E-state index < -0.39 is 0 Å². The van der Waals surface area contributed by atoms with Crippen LogP contribution in [0.25, 0.3) is 0 Å². The van der Waals surface area contributed by atoms with Crippen LogP contribution < -0.4 is 10.6 Å². The van der Waals surface area contributed by atoms with E-state index in [1.807, 2.05) is 13.8 Å². The number of halogens is 1. The maximum absolute atomic E-state index is 5.46. The molecule has 0 aliphatic rings. The summed E-state index contributed by atoms with van der Waals surface area (Å²) in [6.45, 7) is 7.63. The van der Waals surface area contributed by atoms with E-state index in [4.69, 9.17) is 9.26 Å². The van der Waals surface area contributed by atoms with Crippen molar-refractivity contribution >= 4 is 41.7 Å². The first-order valence-electron chi connectivity index (χ1n) is 8.59. The van der Waals surface area contributed by atoms with Crippen LogP contribution in [0.15, 0.2) is 32.6 Å². The average molecular weight is 505 g/mol. The Hall–Kier alpha value is -1.33. The minimum atomic E-state index is -0.179. The molecule has 0 saturated heterocycles. The fourth-order valence-electron chi connectivity index (χ4n) is 2.39. The molecule has 2 N–H and O–H groups in total. The highest BCUT2D eigenvalue weighted by Gasteiger charge is 2.14. The van der Waals surface area contributed by atoms with Crippen LogP contribution in [0.2, 0.25) is 0 Å². The molecule has 1 unspecified atom stereocenters. The number of guanidine groups is 1. The number of aliphatic imine (C=N–C) groups is 1. The molecule has 9 heteroatoms. The summed E-state index contributed by atoms with van der Waals surface area (Å²) in [5, 5.41) is 10.4. The van der Waals surface area contributed by atoms with Crippen molar-refractivity contribution in [3.8, 4) is 0 Å². The fraction of sp³-hybridized carbons (Fsp3) is 0.500. The molecule has 2 aromatic rings. The van der Waals surface area contributed by atoms with Crippen LogP contribution in [0.1, 0.15) is 42.8 Å². The Morgan fingerprint density at radius 1 is 1.33 bits per heavy atom. The van der Waals surface area contributed by atoms with Gasteiger partial charge in [-0.1, -0.05) is 17.3 Å². The van der Waals surface area contributed by atoms with Crippen molar-refractivity contribution in [1.82, 2.24) is 20.8 Å². The molecule has 0 amide bonds. The van der Waals surface area contributed by atoms with Crippen LogP contribution >= 0.6 is 35.7 Å². The van der Waals surface area contributed by atoms with E-state index in [1.165, 1.54) is 16.0 Å². The highest BCUT2D eigenvalue weighted by atomic mass is 127. The molecule has 0 saturated carbocycles. The zero-order valence-electron chi connectivity index (χ0n) is 16.4. The smallest absolute Gasteiger partial charge is 0.246 e. The molecule has 1 aromatic carbocycles. The Balaban J connectivity index is 0.00000364. The first-order valence-corrected chi connectivity index (χ1v) is 9.82. The summed E-state index contributed by atoms with van der Waals surface area (Å²) >= 11 is 1.74. The van der Waals surface area contributed by atoms with Gasteiger partial charge in [0.2, 0.25) is 5.89 Å². The van der Waals surface area contributed by atoms with Crippen LogP contribution in [0, 0.1) is 6.92 Å². The van der Waals surface area contributed by atoms with Crippen LogP contribution in [-0.2, 0) is 17.8 Å². The third-order valence-corrected chi connectivity index (χ3v) is 4.60. The molecular formula is C18H28IN5O2S. The number of aryl methyl sites for hydroxylation is 1. The first-order chi connectivity index (χ1) is 12.6. The Bertz CT molecular complexity index is 738. The topological polar surface area (TPSA) is 84.6 Å². The molecule has 0 aliphatic carbocycles. The van der Waals surface area contributed by atoms with Crippen LogP contribution in [0.3, 0.4) is 0 Å². The summed E-state index contributed by atoms with van der Waals surface area (Å²) in [6.07, 6.45) is 1.91. The standard InChI is InChI=1S/C18H27N5O2S.HI/c1-6-24-13(3)17-22-16(25-23-17)11-21-18(19-4)20-10-14-8-7-12(2)9-15(14)26-5;/h7-9,13H,6,10-11H2,1-5H3,(H2,19,20,21);1H. The molecule has 27 heavy (non-hydrogen) atoms. The monoisotopic (exact) mass is 505 g/mol. The number of rotatable bonds is 8. The van der Waals surface area contributed by atoms with Crippen LogP contribution in [-0.4, -0.2) is 36.0 Å². The molecule has 0 fully saturated rings. The molecule has 0 bridgehead atoms. The van der Waals surface area contributed by atoms with Gasteiger partial charge in [0, 0.05) is 25.1 Å². The number of benzene rings is 1. The van der Waals surface area contributed by atoms with Crippen molar-refractivity contribution < 1.29 is 9.26 Å². The maximum atomic E-state index is 5.46. The van der Waals surface area contributed by atoms with Crippen molar-refractivity contribution in [3.05, 3.63) is 41.0 Å². The van der Waals surface area contributed by atoms with E-state index in [0.717, 1.165) is 0 Å². The number of nitrogens with one attached hydrogen (secondary N) is 2. The summed E-state index contributed by atoms with van der Waals surface area (Å²) in [7, 11) is 1.73. The van der Waals surface area contributed by atoms with E-state index in [2.05, 4.69) is 57.1 Å². The zero-order chi connectivity index (χ0) is 18.9. The second-order valence-electron chi connectivity index (χ2n) is 5.74. The second-order valence-corrected chi connectivity index (χ2v) is 6.59. The second kappa shape index (κ2) is 12.2. The third kappa shape index (κ3) is 7.30. The zero-order valence-corrected chi connectivity index (χ0v) is 19.6. The molecule has 1 aromatic heterocycles. The Morgan fingerprint density at radius 3 is 2.74 bits per heavy atom. The number of ether oxygens (including phenoxy) is 1. The number of nitrogens with zero attached hydrogens (tertiary/aromatic N) is 3. The highest BCUT2D eigenvalue weighted by molar-refractivity contribution is 14.0. The first kappa shape index (κ1) is 23.7. The quantitative estimate of drug-likeness (QED) is 0.245. The largest absolute Gasteiger partial charge is 0.371 e. The Labute approximate surface area is 182 Å². The van der Waals surface area contributed by atoms with Gasteiger partial charge in [0.25, 0.3) is 0 Å². The lowest BCUT2D eigenvalue weighted by Crippen LogP contribution is -2.36. The minimum Gasteiger partial charge on any atom is -0.371 e.